The Labute approximate surface area is 261 Å². The number of hydrogen-bond donors (Lipinski definition) is 1. The Bertz CT molecular complexity index is 1330. The monoisotopic (exact) mass is 599 g/mol. The number of amides is 3. The number of rotatable bonds is 15. The van der Waals surface area contributed by atoms with Crippen LogP contribution in [0.3, 0.4) is 0 Å². The van der Waals surface area contributed by atoms with Gasteiger partial charge in [-0.2, -0.15) is 0 Å². The van der Waals surface area contributed by atoms with Crippen LogP contribution in [0.2, 0.25) is 0 Å². The fourth-order valence-electron chi connectivity index (χ4n) is 7.59. The van der Waals surface area contributed by atoms with Crippen molar-refractivity contribution in [3.05, 3.63) is 97.1 Å². The van der Waals surface area contributed by atoms with Gasteiger partial charge in [-0.3, -0.25) is 14.4 Å². The minimum Gasteiger partial charge on any atom is -0.394 e. The van der Waals surface area contributed by atoms with Gasteiger partial charge in [-0.05, 0) is 30.4 Å². The average Bonchev–Trinajstić information content (AvgIpc) is 3.69. The number of aliphatic hydroxyl groups excluding tert-OH is 1. The number of unbranched alkanes of at least 4 members (excludes halogenated alkanes) is 2. The largest absolute Gasteiger partial charge is 0.394 e. The normalized spacial score (nSPS) is 25.9. The van der Waals surface area contributed by atoms with Gasteiger partial charge >= 0.3 is 0 Å². The Balaban J connectivity index is 1.55. The van der Waals surface area contributed by atoms with Gasteiger partial charge in [0.25, 0.3) is 0 Å². The molecule has 5 rings (SSSR count). The molecule has 0 radical (unpaired) electrons. The van der Waals surface area contributed by atoms with Crippen LogP contribution >= 0.6 is 0 Å². The highest BCUT2D eigenvalue weighted by Gasteiger charge is 2.75. The van der Waals surface area contributed by atoms with Crippen molar-refractivity contribution in [3.8, 4) is 0 Å². The highest BCUT2D eigenvalue weighted by atomic mass is 16.5. The van der Waals surface area contributed by atoms with Crippen LogP contribution in [-0.4, -0.2) is 81.5 Å². The zero-order valence-corrected chi connectivity index (χ0v) is 25.7. The Morgan fingerprint density at radius 2 is 1.68 bits per heavy atom. The van der Waals surface area contributed by atoms with E-state index in [1.165, 1.54) is 0 Å². The molecule has 2 bridgehead atoms. The van der Waals surface area contributed by atoms with Gasteiger partial charge in [-0.15, -0.1) is 13.2 Å². The molecule has 8 nitrogen and oxygen atoms in total. The third kappa shape index (κ3) is 5.73. The minimum atomic E-state index is -1.15. The Morgan fingerprint density at radius 3 is 2.32 bits per heavy atom. The number of fused-ring (bicyclic) bond motifs is 1. The first-order valence-corrected chi connectivity index (χ1v) is 15.9. The summed E-state index contributed by atoms with van der Waals surface area (Å²) in [6.07, 6.45) is 6.82. The van der Waals surface area contributed by atoms with Gasteiger partial charge in [-0.25, -0.2) is 0 Å². The fourth-order valence-corrected chi connectivity index (χ4v) is 7.59. The lowest BCUT2D eigenvalue weighted by atomic mass is 9.70. The molecule has 44 heavy (non-hydrogen) atoms. The molecule has 1 spiro atoms. The van der Waals surface area contributed by atoms with Crippen LogP contribution in [0.25, 0.3) is 0 Å². The van der Waals surface area contributed by atoms with E-state index >= 15 is 0 Å². The number of carbonyl (C=O) groups excluding carboxylic acids is 3. The summed E-state index contributed by atoms with van der Waals surface area (Å²) < 4.78 is 6.72. The summed E-state index contributed by atoms with van der Waals surface area (Å²) in [5.41, 5.74) is 0.553. The molecular formula is C36H45N3O5. The molecule has 2 aromatic carbocycles. The summed E-state index contributed by atoms with van der Waals surface area (Å²) in [5, 5.41) is 10.7. The van der Waals surface area contributed by atoms with Gasteiger partial charge in [0.2, 0.25) is 17.7 Å². The zero-order chi connectivity index (χ0) is 31.3. The summed E-state index contributed by atoms with van der Waals surface area (Å²) in [6.45, 7) is 11.1. The molecule has 0 saturated carbocycles. The SMILES string of the molecule is C=CCN(CCCCC)C(=O)C1N([C@H](CO)c2ccccc2)C(=O)[C@@H]2[C@@H](C(=O)N(CC=C)Cc3ccccc3)[C@H]3CCC12O3. The van der Waals surface area contributed by atoms with Crippen molar-refractivity contribution < 1.29 is 24.2 Å². The molecule has 1 N–H and O–H groups in total. The number of carbonyl (C=O) groups is 3. The number of hydrogen-bond acceptors (Lipinski definition) is 5. The molecule has 3 fully saturated rings. The van der Waals surface area contributed by atoms with Gasteiger partial charge in [0.1, 0.15) is 11.6 Å². The fraction of sp³-hybridized carbons (Fsp3) is 0.472. The Kier molecular flexibility index (Phi) is 10.0. The van der Waals surface area contributed by atoms with Crippen molar-refractivity contribution in [1.29, 1.82) is 0 Å². The summed E-state index contributed by atoms with van der Waals surface area (Å²) in [7, 11) is 0. The van der Waals surface area contributed by atoms with Gasteiger partial charge in [-0.1, -0.05) is 92.6 Å². The van der Waals surface area contributed by atoms with Crippen LogP contribution in [0.4, 0.5) is 0 Å². The van der Waals surface area contributed by atoms with Gasteiger partial charge in [0, 0.05) is 26.2 Å². The van der Waals surface area contributed by atoms with Crippen LogP contribution in [0.15, 0.2) is 86.0 Å². The maximum absolute atomic E-state index is 14.7. The predicted octanol–water partition coefficient (Wildman–Crippen LogP) is 4.51. The van der Waals surface area contributed by atoms with E-state index in [9.17, 15) is 19.5 Å². The minimum absolute atomic E-state index is 0.169. The number of likely N-dealkylation sites (tertiary alicyclic amines) is 1. The molecule has 2 unspecified atom stereocenters. The lowest BCUT2D eigenvalue weighted by Gasteiger charge is -2.39. The van der Waals surface area contributed by atoms with Gasteiger partial charge in [0.15, 0.2) is 0 Å². The molecule has 3 aliphatic rings. The van der Waals surface area contributed by atoms with Crippen molar-refractivity contribution in [3.63, 3.8) is 0 Å². The predicted molar refractivity (Wildman–Crippen MR) is 169 cm³/mol. The molecular weight excluding hydrogens is 554 g/mol. The van der Waals surface area contributed by atoms with E-state index in [1.807, 2.05) is 60.7 Å². The quantitative estimate of drug-likeness (QED) is 0.240. The van der Waals surface area contributed by atoms with E-state index in [-0.39, 0.29) is 24.3 Å². The van der Waals surface area contributed by atoms with Gasteiger partial charge in [0.05, 0.1) is 30.6 Å². The third-order valence-electron chi connectivity index (χ3n) is 9.52. The van der Waals surface area contributed by atoms with E-state index in [2.05, 4.69) is 20.1 Å². The van der Waals surface area contributed by atoms with Crippen molar-refractivity contribution in [1.82, 2.24) is 14.7 Å². The van der Waals surface area contributed by atoms with E-state index < -0.39 is 35.6 Å². The Hall–Kier alpha value is -3.75. The van der Waals surface area contributed by atoms with Crippen molar-refractivity contribution in [2.45, 2.75) is 69.4 Å². The second-order valence-electron chi connectivity index (χ2n) is 12.2. The zero-order valence-electron chi connectivity index (χ0n) is 25.7. The third-order valence-corrected chi connectivity index (χ3v) is 9.52. The molecule has 234 valence electrons. The molecule has 3 aliphatic heterocycles. The van der Waals surface area contributed by atoms with E-state index in [4.69, 9.17) is 4.74 Å². The van der Waals surface area contributed by atoms with Crippen LogP contribution in [0.5, 0.6) is 0 Å². The standard InChI is InChI=1S/C36H45N3O5/c1-4-7-14-23-37(21-5-2)35(43)32-36-20-19-29(44-36)30(33(41)38(22-6-3)24-26-15-10-8-11-16-26)31(36)34(42)39(32)28(25-40)27-17-12-9-13-18-27/h5-6,8-13,15-18,28-32,40H,2-4,7,14,19-25H2,1H3/t28-,29-,30+,31+,32?,36?/m1/s1. The van der Waals surface area contributed by atoms with Crippen molar-refractivity contribution in [2.75, 3.05) is 26.2 Å². The van der Waals surface area contributed by atoms with Crippen molar-refractivity contribution >= 4 is 17.7 Å². The lowest BCUT2D eigenvalue weighted by molar-refractivity contribution is -0.152. The summed E-state index contributed by atoms with van der Waals surface area (Å²) in [5.74, 6) is -2.25. The summed E-state index contributed by atoms with van der Waals surface area (Å²) in [6, 6.07) is 17.3. The smallest absolute Gasteiger partial charge is 0.248 e. The van der Waals surface area contributed by atoms with Crippen LogP contribution in [-0.2, 0) is 25.7 Å². The second-order valence-corrected chi connectivity index (χ2v) is 12.2. The Morgan fingerprint density at radius 1 is 1.02 bits per heavy atom. The van der Waals surface area contributed by atoms with E-state index in [0.717, 1.165) is 30.4 Å². The number of benzene rings is 2. The summed E-state index contributed by atoms with van der Waals surface area (Å²) >= 11 is 0. The second kappa shape index (κ2) is 13.9. The van der Waals surface area contributed by atoms with Gasteiger partial charge < -0.3 is 24.5 Å². The first-order chi connectivity index (χ1) is 21.4. The maximum Gasteiger partial charge on any atom is 0.248 e. The molecule has 3 saturated heterocycles. The number of ether oxygens (including phenoxy) is 1. The lowest BCUT2D eigenvalue weighted by Crippen LogP contribution is -2.57. The van der Waals surface area contributed by atoms with Crippen molar-refractivity contribution in [2.24, 2.45) is 11.8 Å². The molecule has 0 aromatic heterocycles. The molecule has 3 amide bonds. The average molecular weight is 600 g/mol. The number of nitrogens with zero attached hydrogens (tertiary/aromatic N) is 3. The molecule has 3 heterocycles. The van der Waals surface area contributed by atoms with Crippen LogP contribution in [0.1, 0.15) is 56.2 Å². The first-order valence-electron chi connectivity index (χ1n) is 15.9. The molecule has 2 aromatic rings. The maximum atomic E-state index is 14.7. The topological polar surface area (TPSA) is 90.4 Å². The van der Waals surface area contributed by atoms with E-state index in [0.29, 0.717) is 39.0 Å². The van der Waals surface area contributed by atoms with E-state index in [1.54, 1.807) is 26.9 Å². The highest BCUT2D eigenvalue weighted by Crippen LogP contribution is 2.60. The van der Waals surface area contributed by atoms with Crippen LogP contribution in [0, 0.1) is 11.8 Å². The molecule has 0 aliphatic carbocycles. The molecule has 8 heteroatoms. The molecule has 6 atom stereocenters. The summed E-state index contributed by atoms with van der Waals surface area (Å²) in [4.78, 5) is 48.8. The highest BCUT2D eigenvalue weighted by molar-refractivity contribution is 5.99. The van der Waals surface area contributed by atoms with Crippen LogP contribution < -0.4 is 0 Å². The number of aliphatic hydroxyl groups is 1. The first kappa shape index (κ1) is 31.7.